The van der Waals surface area contributed by atoms with E-state index in [1.807, 2.05) is 0 Å². The van der Waals surface area contributed by atoms with Crippen LogP contribution in [0.15, 0.2) is 72.3 Å². The molecule has 0 spiro atoms. The summed E-state index contributed by atoms with van der Waals surface area (Å²) >= 11 is 1.13. The largest absolute Gasteiger partial charge is 0.507 e. The van der Waals surface area contributed by atoms with Crippen molar-refractivity contribution in [2.45, 2.75) is 6.04 Å². The zero-order chi connectivity index (χ0) is 24.0. The van der Waals surface area contributed by atoms with E-state index in [-0.39, 0.29) is 21.8 Å². The summed E-state index contributed by atoms with van der Waals surface area (Å²) in [6, 6.07) is 14.4. The van der Waals surface area contributed by atoms with Crippen LogP contribution in [0.5, 0.6) is 5.75 Å². The molecule has 9 heteroatoms. The van der Waals surface area contributed by atoms with Gasteiger partial charge < -0.3 is 9.84 Å². The molecule has 0 aliphatic carbocycles. The Kier molecular flexibility index (Phi) is 5.33. The number of fused-ring (bicyclic) bond motifs is 1. The predicted octanol–water partition coefficient (Wildman–Crippen LogP) is 5.21. The van der Waals surface area contributed by atoms with Crippen molar-refractivity contribution in [1.82, 2.24) is 4.98 Å². The number of methoxy groups -OCH3 is 1. The van der Waals surface area contributed by atoms with Gasteiger partial charge >= 0.3 is 5.91 Å². The normalized spacial score (nSPS) is 17.5. The number of ether oxygens (including phenoxy) is 1. The number of benzene rings is 3. The van der Waals surface area contributed by atoms with Crippen LogP contribution in [-0.4, -0.2) is 28.9 Å². The van der Waals surface area contributed by atoms with Gasteiger partial charge in [-0.2, -0.15) is 0 Å². The van der Waals surface area contributed by atoms with E-state index in [2.05, 4.69) is 4.98 Å². The number of aliphatic hydroxyl groups is 1. The number of nitrogens with zero attached hydrogens (tertiary/aromatic N) is 2. The van der Waals surface area contributed by atoms with E-state index in [1.165, 1.54) is 37.4 Å². The van der Waals surface area contributed by atoms with E-state index < -0.39 is 35.1 Å². The summed E-state index contributed by atoms with van der Waals surface area (Å²) in [6.07, 6.45) is 0. The van der Waals surface area contributed by atoms with Crippen molar-refractivity contribution < 1.29 is 28.2 Å². The Bertz CT molecular complexity index is 1480. The van der Waals surface area contributed by atoms with Crippen molar-refractivity contribution in [2.75, 3.05) is 12.0 Å². The van der Waals surface area contributed by atoms with Crippen LogP contribution < -0.4 is 9.64 Å². The molecule has 4 aromatic rings. The highest BCUT2D eigenvalue weighted by molar-refractivity contribution is 7.22. The number of hydrogen-bond donors (Lipinski definition) is 1. The average molecular weight is 478 g/mol. The van der Waals surface area contributed by atoms with E-state index in [0.717, 1.165) is 28.4 Å². The van der Waals surface area contributed by atoms with Crippen molar-refractivity contribution in [3.63, 3.8) is 0 Å². The van der Waals surface area contributed by atoms with Gasteiger partial charge in [-0.25, -0.2) is 13.8 Å². The van der Waals surface area contributed by atoms with Crippen molar-refractivity contribution in [3.05, 3.63) is 95.1 Å². The van der Waals surface area contributed by atoms with Crippen LogP contribution in [0.3, 0.4) is 0 Å². The maximum atomic E-state index is 14.9. The molecule has 5 rings (SSSR count). The van der Waals surface area contributed by atoms with Gasteiger partial charge in [0.05, 0.1) is 22.9 Å². The first-order chi connectivity index (χ1) is 16.4. The summed E-state index contributed by atoms with van der Waals surface area (Å²) in [4.78, 5) is 31.9. The molecule has 6 nitrogen and oxygen atoms in total. The molecule has 1 fully saturated rings. The number of amides is 1. The van der Waals surface area contributed by atoms with Crippen LogP contribution in [0, 0.1) is 11.6 Å². The molecule has 0 saturated carbocycles. The molecule has 0 radical (unpaired) electrons. The highest BCUT2D eigenvalue weighted by atomic mass is 32.1. The number of carbonyl (C=O) groups is 2. The Morgan fingerprint density at radius 3 is 2.50 bits per heavy atom. The van der Waals surface area contributed by atoms with Crippen molar-refractivity contribution in [1.29, 1.82) is 0 Å². The Morgan fingerprint density at radius 1 is 1.06 bits per heavy atom. The number of carbonyl (C=O) groups excluding carboxylic acids is 2. The Hall–Kier alpha value is -4.11. The summed E-state index contributed by atoms with van der Waals surface area (Å²) in [5, 5.41) is 11.2. The molecule has 1 aromatic heterocycles. The van der Waals surface area contributed by atoms with Crippen molar-refractivity contribution in [2.24, 2.45) is 0 Å². The second-order valence-electron chi connectivity index (χ2n) is 7.53. The molecular formula is C25H16F2N2O4S. The minimum absolute atomic E-state index is 0.0159. The first kappa shape index (κ1) is 21.7. The number of ketones is 1. The van der Waals surface area contributed by atoms with Crippen LogP contribution in [0.4, 0.5) is 13.9 Å². The molecule has 34 heavy (non-hydrogen) atoms. The smallest absolute Gasteiger partial charge is 0.301 e. The number of aliphatic hydroxyl groups excluding tert-OH is 1. The summed E-state index contributed by atoms with van der Waals surface area (Å²) in [5.74, 6) is -3.09. The fourth-order valence-electron chi connectivity index (χ4n) is 3.91. The van der Waals surface area contributed by atoms with Gasteiger partial charge in [-0.15, -0.1) is 0 Å². The van der Waals surface area contributed by atoms with Gasteiger partial charge in [0.25, 0.3) is 5.78 Å². The zero-order valence-electron chi connectivity index (χ0n) is 17.7. The van der Waals surface area contributed by atoms with E-state index in [9.17, 15) is 23.5 Å². The number of anilines is 1. The number of halogens is 2. The SMILES string of the molecule is COc1ccc2nc(N3C(=O)C(=O)C(=C(O)c4ccc(F)cc4)C3c3ccccc3F)sc2c1. The van der Waals surface area contributed by atoms with E-state index in [1.54, 1.807) is 24.3 Å². The third-order valence-electron chi connectivity index (χ3n) is 5.55. The molecule has 2 heterocycles. The number of aromatic nitrogens is 1. The maximum absolute atomic E-state index is 14.9. The predicted molar refractivity (Wildman–Crippen MR) is 124 cm³/mol. The minimum Gasteiger partial charge on any atom is -0.507 e. The van der Waals surface area contributed by atoms with Crippen LogP contribution in [0.1, 0.15) is 17.2 Å². The highest BCUT2D eigenvalue weighted by Crippen LogP contribution is 2.45. The highest BCUT2D eigenvalue weighted by Gasteiger charge is 2.49. The maximum Gasteiger partial charge on any atom is 0.301 e. The second kappa shape index (κ2) is 8.35. The first-order valence-corrected chi connectivity index (χ1v) is 11.0. The molecule has 1 unspecified atom stereocenters. The third kappa shape index (κ3) is 3.50. The molecule has 3 aromatic carbocycles. The molecule has 1 aliphatic heterocycles. The minimum atomic E-state index is -1.27. The third-order valence-corrected chi connectivity index (χ3v) is 6.57. The molecular weight excluding hydrogens is 462 g/mol. The van der Waals surface area contributed by atoms with E-state index in [4.69, 9.17) is 4.74 Å². The Labute approximate surface area is 196 Å². The topological polar surface area (TPSA) is 79.7 Å². The van der Waals surface area contributed by atoms with Crippen LogP contribution in [-0.2, 0) is 9.59 Å². The number of Topliss-reactive ketones (excluding diaryl/α,β-unsaturated/α-hetero) is 1. The summed E-state index contributed by atoms with van der Waals surface area (Å²) in [7, 11) is 1.52. The Morgan fingerprint density at radius 2 is 1.79 bits per heavy atom. The van der Waals surface area contributed by atoms with E-state index >= 15 is 0 Å². The fraction of sp³-hybridized carbons (Fsp3) is 0.0800. The van der Waals surface area contributed by atoms with E-state index in [0.29, 0.717) is 16.0 Å². The number of rotatable bonds is 4. The molecule has 1 amide bonds. The molecule has 1 N–H and O–H groups in total. The average Bonchev–Trinajstić information content (AvgIpc) is 3.37. The van der Waals surface area contributed by atoms with Gasteiger partial charge in [0.1, 0.15) is 29.2 Å². The second-order valence-corrected chi connectivity index (χ2v) is 8.54. The monoisotopic (exact) mass is 478 g/mol. The van der Waals surface area contributed by atoms with Gasteiger partial charge in [-0.1, -0.05) is 29.5 Å². The quantitative estimate of drug-likeness (QED) is 0.248. The summed E-state index contributed by atoms with van der Waals surface area (Å²) in [6.45, 7) is 0. The summed E-state index contributed by atoms with van der Waals surface area (Å²) < 4.78 is 34.3. The van der Waals surface area contributed by atoms with Gasteiger partial charge in [0.15, 0.2) is 5.13 Å². The lowest BCUT2D eigenvalue weighted by Crippen LogP contribution is -2.29. The standard InChI is InChI=1S/C25H16F2N2O4S/c1-33-15-10-11-18-19(12-15)34-25(28-18)29-21(16-4-2-3-5-17(16)27)20(23(31)24(29)32)22(30)13-6-8-14(26)9-7-13/h2-12,21,30H,1H3. The van der Waals surface area contributed by atoms with Crippen LogP contribution >= 0.6 is 11.3 Å². The van der Waals surface area contributed by atoms with Gasteiger partial charge in [0.2, 0.25) is 0 Å². The van der Waals surface area contributed by atoms with Gasteiger partial charge in [0, 0.05) is 11.1 Å². The van der Waals surface area contributed by atoms with Crippen LogP contribution in [0.25, 0.3) is 16.0 Å². The lowest BCUT2D eigenvalue weighted by Gasteiger charge is -2.23. The molecule has 170 valence electrons. The molecule has 1 saturated heterocycles. The summed E-state index contributed by atoms with van der Waals surface area (Å²) in [5.41, 5.74) is 0.393. The zero-order valence-corrected chi connectivity index (χ0v) is 18.5. The number of thiazole rings is 1. The van der Waals surface area contributed by atoms with Gasteiger partial charge in [-0.05, 0) is 48.5 Å². The first-order valence-electron chi connectivity index (χ1n) is 10.1. The fourth-order valence-corrected chi connectivity index (χ4v) is 4.93. The molecule has 1 aliphatic rings. The van der Waals surface area contributed by atoms with Crippen LogP contribution in [0.2, 0.25) is 0 Å². The lowest BCUT2D eigenvalue weighted by molar-refractivity contribution is -0.132. The Balaban J connectivity index is 1.73. The molecule has 0 bridgehead atoms. The number of hydrogen-bond acceptors (Lipinski definition) is 6. The van der Waals surface area contributed by atoms with Crippen molar-refractivity contribution in [3.8, 4) is 5.75 Å². The molecule has 1 atom stereocenters. The van der Waals surface area contributed by atoms with Crippen molar-refractivity contribution >= 4 is 44.1 Å². The van der Waals surface area contributed by atoms with Gasteiger partial charge in [-0.3, -0.25) is 14.5 Å². The lowest BCUT2D eigenvalue weighted by atomic mass is 9.95.